The van der Waals surface area contributed by atoms with Crippen molar-refractivity contribution < 1.29 is 10.2 Å². The van der Waals surface area contributed by atoms with E-state index < -0.39 is 7.92 Å². The molecule has 0 radical (unpaired) electrons. The number of rotatable bonds is 4. The van der Waals surface area contributed by atoms with Gasteiger partial charge in [-0.2, -0.15) is 0 Å². The van der Waals surface area contributed by atoms with Gasteiger partial charge in [0.2, 0.25) is 0 Å². The van der Waals surface area contributed by atoms with Gasteiger partial charge in [-0.1, -0.05) is 66.7 Å². The molecule has 0 aliphatic heterocycles. The fourth-order valence-electron chi connectivity index (χ4n) is 2.40. The normalized spacial score (nSPS) is 10.8. The molecule has 110 valence electrons. The van der Waals surface area contributed by atoms with Crippen LogP contribution in [0, 0.1) is 0 Å². The van der Waals surface area contributed by atoms with Crippen LogP contribution in [0.4, 0.5) is 0 Å². The maximum Gasteiger partial charge on any atom is 0.157 e. The highest BCUT2D eigenvalue weighted by atomic mass is 31.1. The molecule has 22 heavy (non-hydrogen) atoms. The van der Waals surface area contributed by atoms with E-state index in [0.29, 0.717) is 0 Å². The van der Waals surface area contributed by atoms with Crippen LogP contribution >= 0.6 is 7.92 Å². The Morgan fingerprint density at radius 3 is 1.68 bits per heavy atom. The van der Waals surface area contributed by atoms with Crippen LogP contribution in [-0.4, -0.2) is 10.2 Å². The molecule has 2 N–H and O–H groups in total. The number of phenols is 2. The third kappa shape index (κ3) is 3.29. The van der Waals surface area contributed by atoms with Crippen LogP contribution < -0.4 is 10.6 Å². The molecule has 0 aliphatic carbocycles. The Bertz CT molecular complexity index is 702. The van der Waals surface area contributed by atoms with Gasteiger partial charge in [-0.15, -0.1) is 0 Å². The molecule has 0 amide bonds. The average Bonchev–Trinajstić information content (AvgIpc) is 2.57. The summed E-state index contributed by atoms with van der Waals surface area (Å²) in [6, 6.07) is 26.0. The fourth-order valence-corrected chi connectivity index (χ4v) is 4.69. The highest BCUT2D eigenvalue weighted by Crippen LogP contribution is 2.39. The molecular weight excluding hydrogens is 291 g/mol. The fraction of sp³-hybridized carbons (Fsp3) is 0.0526. The third-order valence-electron chi connectivity index (χ3n) is 3.52. The minimum Gasteiger partial charge on any atom is -0.504 e. The number of aromatic hydroxyl groups is 2. The summed E-state index contributed by atoms with van der Waals surface area (Å²) in [6.07, 6.45) is 0.831. The van der Waals surface area contributed by atoms with E-state index in [4.69, 9.17) is 0 Å². The van der Waals surface area contributed by atoms with Gasteiger partial charge in [0.1, 0.15) is 0 Å². The van der Waals surface area contributed by atoms with Crippen LogP contribution in [0.25, 0.3) is 0 Å². The molecule has 3 aromatic rings. The molecule has 0 spiro atoms. The molecule has 0 aromatic heterocycles. The summed E-state index contributed by atoms with van der Waals surface area (Å²) in [5, 5.41) is 21.8. The Balaban J connectivity index is 1.97. The van der Waals surface area contributed by atoms with Crippen LogP contribution in [0.15, 0.2) is 78.9 Å². The molecular formula is C19H17O2P. The van der Waals surface area contributed by atoms with Crippen molar-refractivity contribution in [3.63, 3.8) is 0 Å². The third-order valence-corrected chi connectivity index (χ3v) is 6.04. The summed E-state index contributed by atoms with van der Waals surface area (Å²) >= 11 is 0. The zero-order valence-electron chi connectivity index (χ0n) is 12.1. The number of phenolic OH excluding ortho intramolecular Hbond substituents is 2. The van der Waals surface area contributed by atoms with Gasteiger partial charge in [0.05, 0.1) is 0 Å². The second kappa shape index (κ2) is 6.64. The van der Waals surface area contributed by atoms with Gasteiger partial charge in [0.25, 0.3) is 0 Å². The summed E-state index contributed by atoms with van der Waals surface area (Å²) in [7, 11) is -0.542. The lowest BCUT2D eigenvalue weighted by molar-refractivity contribution is 0.403. The van der Waals surface area contributed by atoms with Gasteiger partial charge in [0.15, 0.2) is 11.5 Å². The molecule has 0 fully saturated rings. The van der Waals surface area contributed by atoms with Gasteiger partial charge in [-0.3, -0.25) is 0 Å². The van der Waals surface area contributed by atoms with E-state index in [9.17, 15) is 10.2 Å². The number of hydrogen-bond acceptors (Lipinski definition) is 2. The maximum atomic E-state index is 9.71. The summed E-state index contributed by atoms with van der Waals surface area (Å²) in [5.74, 6) is -0.138. The average molecular weight is 308 g/mol. The lowest BCUT2D eigenvalue weighted by atomic mass is 10.2. The zero-order valence-corrected chi connectivity index (χ0v) is 12.9. The highest BCUT2D eigenvalue weighted by molar-refractivity contribution is 7.72. The Labute approximate surface area is 131 Å². The van der Waals surface area contributed by atoms with E-state index >= 15 is 0 Å². The van der Waals surface area contributed by atoms with Gasteiger partial charge in [-0.25, -0.2) is 0 Å². The number of benzene rings is 3. The van der Waals surface area contributed by atoms with Crippen molar-refractivity contribution in [2.75, 3.05) is 0 Å². The van der Waals surface area contributed by atoms with Gasteiger partial charge >= 0.3 is 0 Å². The van der Waals surface area contributed by atoms with E-state index in [1.807, 2.05) is 18.2 Å². The van der Waals surface area contributed by atoms with E-state index in [-0.39, 0.29) is 11.5 Å². The molecule has 3 rings (SSSR count). The number of hydrogen-bond donors (Lipinski definition) is 2. The summed E-state index contributed by atoms with van der Waals surface area (Å²) in [4.78, 5) is 0. The van der Waals surface area contributed by atoms with Crippen molar-refractivity contribution in [3.8, 4) is 11.5 Å². The summed E-state index contributed by atoms with van der Waals surface area (Å²) in [5.41, 5.74) is 1.02. The molecule has 0 atom stereocenters. The van der Waals surface area contributed by atoms with Crippen LogP contribution in [0.5, 0.6) is 11.5 Å². The van der Waals surface area contributed by atoms with Gasteiger partial charge in [-0.05, 0) is 36.2 Å². The Morgan fingerprint density at radius 1 is 0.636 bits per heavy atom. The first-order valence-electron chi connectivity index (χ1n) is 7.12. The topological polar surface area (TPSA) is 40.5 Å². The second-order valence-corrected chi connectivity index (χ2v) is 7.29. The molecule has 3 aromatic carbocycles. The first-order valence-corrected chi connectivity index (χ1v) is 8.65. The Hall–Kier alpha value is -2.31. The van der Waals surface area contributed by atoms with Crippen molar-refractivity contribution >= 4 is 18.5 Å². The minimum atomic E-state index is -0.542. The molecule has 0 heterocycles. The summed E-state index contributed by atoms with van der Waals surface area (Å²) in [6.45, 7) is 0. The van der Waals surface area contributed by atoms with Gasteiger partial charge < -0.3 is 10.2 Å². The smallest absolute Gasteiger partial charge is 0.157 e. The van der Waals surface area contributed by atoms with Crippen molar-refractivity contribution in [1.82, 2.24) is 0 Å². The molecule has 0 saturated carbocycles. The van der Waals surface area contributed by atoms with E-state index in [1.54, 1.807) is 12.1 Å². The molecule has 0 saturated heterocycles. The Morgan fingerprint density at radius 2 is 1.18 bits per heavy atom. The molecule has 2 nitrogen and oxygen atoms in total. The standard InChI is InChI=1S/C19H17O2P/c20-18-12-11-15(13-19(18)21)14-22(16-7-3-1-4-8-16)17-9-5-2-6-10-17/h1-13,20-21H,14H2. The first-order chi connectivity index (χ1) is 10.7. The monoisotopic (exact) mass is 308 g/mol. The Kier molecular flexibility index (Phi) is 4.41. The van der Waals surface area contributed by atoms with Crippen molar-refractivity contribution in [2.45, 2.75) is 6.16 Å². The van der Waals surface area contributed by atoms with Crippen molar-refractivity contribution in [2.24, 2.45) is 0 Å². The zero-order chi connectivity index (χ0) is 15.4. The predicted octanol–water partition coefficient (Wildman–Crippen LogP) is 3.73. The largest absolute Gasteiger partial charge is 0.504 e. The summed E-state index contributed by atoms with van der Waals surface area (Å²) < 4.78 is 0. The SMILES string of the molecule is Oc1ccc(CP(c2ccccc2)c2ccccc2)cc1O. The van der Waals surface area contributed by atoms with Crippen LogP contribution in [0.3, 0.4) is 0 Å². The second-order valence-electron chi connectivity index (χ2n) is 5.08. The highest BCUT2D eigenvalue weighted by Gasteiger charge is 2.14. The van der Waals surface area contributed by atoms with Gasteiger partial charge in [0, 0.05) is 6.16 Å². The van der Waals surface area contributed by atoms with Crippen molar-refractivity contribution in [1.29, 1.82) is 0 Å². The van der Waals surface area contributed by atoms with Crippen LogP contribution in [0.2, 0.25) is 0 Å². The molecule has 3 heteroatoms. The maximum absolute atomic E-state index is 9.71. The van der Waals surface area contributed by atoms with Crippen LogP contribution in [0.1, 0.15) is 5.56 Å². The van der Waals surface area contributed by atoms with Crippen molar-refractivity contribution in [3.05, 3.63) is 84.4 Å². The lowest BCUT2D eigenvalue weighted by Gasteiger charge is -2.19. The van der Waals surface area contributed by atoms with E-state index in [0.717, 1.165) is 11.7 Å². The quantitative estimate of drug-likeness (QED) is 0.569. The van der Waals surface area contributed by atoms with E-state index in [1.165, 1.54) is 10.6 Å². The minimum absolute atomic E-state index is 0.0615. The van der Waals surface area contributed by atoms with Crippen LogP contribution in [-0.2, 0) is 6.16 Å². The molecule has 0 unspecified atom stereocenters. The lowest BCUT2D eigenvalue weighted by Crippen LogP contribution is -2.12. The molecule has 0 bridgehead atoms. The predicted molar refractivity (Wildman–Crippen MR) is 92.5 cm³/mol. The molecule has 0 aliphatic rings. The van der Waals surface area contributed by atoms with E-state index in [2.05, 4.69) is 48.5 Å². The first kappa shape index (κ1) is 14.6.